The Hall–Kier alpha value is -0.260. The van der Waals surface area contributed by atoms with E-state index in [-0.39, 0.29) is 0 Å². The van der Waals surface area contributed by atoms with E-state index in [9.17, 15) is 0 Å². The predicted octanol–water partition coefficient (Wildman–Crippen LogP) is 4.81. The second-order valence-corrected chi connectivity index (χ2v) is 4.47. The van der Waals surface area contributed by atoms with Gasteiger partial charge < -0.3 is 0 Å². The molecule has 0 bridgehead atoms. The summed E-state index contributed by atoms with van der Waals surface area (Å²) in [5, 5.41) is 0. The van der Waals surface area contributed by atoms with Crippen molar-refractivity contribution in [3.8, 4) is 0 Å². The summed E-state index contributed by atoms with van der Waals surface area (Å²) in [5.74, 6) is 1.66. The van der Waals surface area contributed by atoms with Crippen LogP contribution in [0.25, 0.3) is 0 Å². The second-order valence-electron chi connectivity index (χ2n) is 4.47. The molecule has 0 saturated carbocycles. The summed E-state index contributed by atoms with van der Waals surface area (Å²) in [4.78, 5) is 0. The van der Waals surface area contributed by atoms with Crippen molar-refractivity contribution in [1.82, 2.24) is 0 Å². The Morgan fingerprint density at radius 1 is 1.23 bits per heavy atom. The van der Waals surface area contributed by atoms with E-state index in [1.165, 1.54) is 31.3 Å². The highest BCUT2D eigenvalue weighted by Crippen LogP contribution is 2.19. The third-order valence-electron chi connectivity index (χ3n) is 2.68. The molecule has 0 heteroatoms. The van der Waals surface area contributed by atoms with Gasteiger partial charge in [0.25, 0.3) is 0 Å². The molecule has 13 heavy (non-hydrogen) atoms. The first-order valence-corrected chi connectivity index (χ1v) is 5.77. The first kappa shape index (κ1) is 12.7. The minimum atomic E-state index is 0.765. The topological polar surface area (TPSA) is 0 Å². The molecular formula is C13H26. The van der Waals surface area contributed by atoms with Gasteiger partial charge in [0.1, 0.15) is 0 Å². The van der Waals surface area contributed by atoms with E-state index in [1.54, 1.807) is 0 Å². The zero-order valence-electron chi connectivity index (χ0n) is 10.1. The van der Waals surface area contributed by atoms with Crippen molar-refractivity contribution in [2.75, 3.05) is 0 Å². The van der Waals surface area contributed by atoms with Crippen LogP contribution in [0.1, 0.15) is 60.3 Å². The first-order valence-electron chi connectivity index (χ1n) is 5.77. The van der Waals surface area contributed by atoms with Gasteiger partial charge in [-0.1, -0.05) is 52.2 Å². The van der Waals surface area contributed by atoms with E-state index < -0.39 is 0 Å². The summed E-state index contributed by atoms with van der Waals surface area (Å²) < 4.78 is 0. The van der Waals surface area contributed by atoms with Crippen LogP contribution in [-0.2, 0) is 0 Å². The smallest absolute Gasteiger partial charge is 0.0257 e. The Labute approximate surface area is 84.4 Å². The van der Waals surface area contributed by atoms with Crippen LogP contribution in [0.3, 0.4) is 0 Å². The summed E-state index contributed by atoms with van der Waals surface area (Å²) in [6.07, 6.45) is 7.69. The Balaban J connectivity index is 3.79. The third-order valence-corrected chi connectivity index (χ3v) is 2.68. The summed E-state index contributed by atoms with van der Waals surface area (Å²) >= 11 is 0. The van der Waals surface area contributed by atoms with E-state index in [2.05, 4.69) is 40.7 Å². The lowest BCUT2D eigenvalue weighted by Gasteiger charge is -2.14. The average molecular weight is 182 g/mol. The van der Waals surface area contributed by atoms with Crippen molar-refractivity contribution >= 4 is 0 Å². The van der Waals surface area contributed by atoms with Crippen molar-refractivity contribution in [1.29, 1.82) is 0 Å². The molecule has 0 amide bonds. The van der Waals surface area contributed by atoms with Crippen LogP contribution in [0.15, 0.2) is 11.6 Å². The van der Waals surface area contributed by atoms with Gasteiger partial charge in [-0.3, -0.25) is 0 Å². The van der Waals surface area contributed by atoms with Gasteiger partial charge in [0.05, 0.1) is 0 Å². The molecule has 78 valence electrons. The van der Waals surface area contributed by atoms with Gasteiger partial charge in [0.15, 0.2) is 0 Å². The van der Waals surface area contributed by atoms with Crippen LogP contribution in [0, 0.1) is 11.8 Å². The molecule has 0 saturated heterocycles. The fraction of sp³-hybridized carbons (Fsp3) is 0.846. The van der Waals surface area contributed by atoms with Gasteiger partial charge in [-0.05, 0) is 31.6 Å². The Morgan fingerprint density at radius 2 is 1.85 bits per heavy atom. The van der Waals surface area contributed by atoms with E-state index in [1.807, 2.05) is 0 Å². The maximum atomic E-state index is 2.44. The molecule has 0 fully saturated rings. The number of rotatable bonds is 6. The normalized spacial score (nSPS) is 17.2. The number of hydrogen-bond acceptors (Lipinski definition) is 0. The number of allylic oxidation sites excluding steroid dienone is 2. The van der Waals surface area contributed by atoms with Crippen LogP contribution < -0.4 is 0 Å². The lowest BCUT2D eigenvalue weighted by Crippen LogP contribution is -2.01. The third kappa shape index (κ3) is 6.86. The highest BCUT2D eigenvalue weighted by atomic mass is 14.1. The highest BCUT2D eigenvalue weighted by molar-refractivity contribution is 4.99. The molecule has 0 rings (SSSR count). The van der Waals surface area contributed by atoms with Gasteiger partial charge in [0, 0.05) is 0 Å². The molecule has 0 aliphatic rings. The molecule has 2 atom stereocenters. The van der Waals surface area contributed by atoms with Crippen LogP contribution >= 0.6 is 0 Å². The van der Waals surface area contributed by atoms with E-state index in [4.69, 9.17) is 0 Å². The maximum absolute atomic E-state index is 2.44. The van der Waals surface area contributed by atoms with Gasteiger partial charge in [-0.2, -0.15) is 0 Å². The van der Waals surface area contributed by atoms with Crippen LogP contribution in [0.2, 0.25) is 0 Å². The van der Waals surface area contributed by atoms with Gasteiger partial charge >= 0.3 is 0 Å². The number of hydrogen-bond donors (Lipinski definition) is 0. The molecule has 0 aromatic rings. The molecular weight excluding hydrogens is 156 g/mol. The van der Waals surface area contributed by atoms with Crippen molar-refractivity contribution < 1.29 is 0 Å². The van der Waals surface area contributed by atoms with E-state index in [0.29, 0.717) is 0 Å². The fourth-order valence-electron chi connectivity index (χ4n) is 1.92. The molecule has 0 nitrogen and oxygen atoms in total. The monoisotopic (exact) mass is 182 g/mol. The van der Waals surface area contributed by atoms with Crippen molar-refractivity contribution in [2.24, 2.45) is 11.8 Å². The molecule has 0 heterocycles. The summed E-state index contributed by atoms with van der Waals surface area (Å²) in [7, 11) is 0. The minimum absolute atomic E-state index is 0.765. The van der Waals surface area contributed by atoms with Gasteiger partial charge in [-0.25, -0.2) is 0 Å². The standard InChI is InChI=1S/C13H26/c1-6-8-12(4)10-13(5)9-11(3)7-2/h9,12-13H,6-8,10H2,1-5H3/b11-9+. The largest absolute Gasteiger partial charge is 0.0828 e. The average Bonchev–Trinajstić information content (AvgIpc) is 2.04. The lowest BCUT2D eigenvalue weighted by atomic mass is 9.92. The molecule has 2 unspecified atom stereocenters. The Kier molecular flexibility index (Phi) is 7.03. The van der Waals surface area contributed by atoms with Crippen molar-refractivity contribution in [3.05, 3.63) is 11.6 Å². The quantitative estimate of drug-likeness (QED) is 0.517. The Morgan fingerprint density at radius 3 is 2.31 bits per heavy atom. The zero-order valence-corrected chi connectivity index (χ0v) is 10.1. The molecule has 0 aromatic carbocycles. The van der Waals surface area contributed by atoms with Gasteiger partial charge in [-0.15, -0.1) is 0 Å². The van der Waals surface area contributed by atoms with Crippen LogP contribution in [0.4, 0.5) is 0 Å². The van der Waals surface area contributed by atoms with Crippen LogP contribution in [0.5, 0.6) is 0 Å². The summed E-state index contributed by atoms with van der Waals surface area (Å²) in [6.45, 7) is 11.4. The maximum Gasteiger partial charge on any atom is -0.0257 e. The SMILES string of the molecule is CCCC(C)CC(C)/C=C(\C)CC. The van der Waals surface area contributed by atoms with Crippen LogP contribution in [-0.4, -0.2) is 0 Å². The van der Waals surface area contributed by atoms with E-state index in [0.717, 1.165) is 11.8 Å². The fourth-order valence-corrected chi connectivity index (χ4v) is 1.92. The summed E-state index contributed by atoms with van der Waals surface area (Å²) in [6, 6.07) is 0. The lowest BCUT2D eigenvalue weighted by molar-refractivity contribution is 0.433. The first-order chi connectivity index (χ1) is 6.10. The van der Waals surface area contributed by atoms with E-state index >= 15 is 0 Å². The molecule has 0 aliphatic carbocycles. The highest BCUT2D eigenvalue weighted by Gasteiger charge is 2.05. The molecule has 0 N–H and O–H groups in total. The van der Waals surface area contributed by atoms with Crippen molar-refractivity contribution in [3.63, 3.8) is 0 Å². The predicted molar refractivity (Wildman–Crippen MR) is 61.9 cm³/mol. The van der Waals surface area contributed by atoms with Crippen molar-refractivity contribution in [2.45, 2.75) is 60.3 Å². The summed E-state index contributed by atoms with van der Waals surface area (Å²) in [5.41, 5.74) is 1.54. The molecule has 0 spiro atoms. The molecule has 0 radical (unpaired) electrons. The molecule has 0 aliphatic heterocycles. The molecule has 0 aromatic heterocycles. The Bertz CT molecular complexity index is 144. The second kappa shape index (κ2) is 7.17. The zero-order chi connectivity index (χ0) is 10.3. The van der Waals surface area contributed by atoms with Gasteiger partial charge in [0.2, 0.25) is 0 Å². The minimum Gasteiger partial charge on any atom is -0.0828 e.